The summed E-state index contributed by atoms with van der Waals surface area (Å²) >= 11 is 0. The molecule has 3 rings (SSSR count). The van der Waals surface area contributed by atoms with Crippen molar-refractivity contribution in [2.75, 3.05) is 10.6 Å². The van der Waals surface area contributed by atoms with Crippen LogP contribution in [0.4, 0.5) is 16.2 Å². The summed E-state index contributed by atoms with van der Waals surface area (Å²) in [6.45, 7) is 3.97. The van der Waals surface area contributed by atoms with E-state index in [0.29, 0.717) is 5.69 Å². The van der Waals surface area contributed by atoms with E-state index in [4.69, 9.17) is 0 Å². The third-order valence-electron chi connectivity index (χ3n) is 3.74. The molecule has 0 fully saturated rings. The first-order valence-corrected chi connectivity index (χ1v) is 7.40. The van der Waals surface area contributed by atoms with Gasteiger partial charge in [0, 0.05) is 11.1 Å². The Morgan fingerprint density at radius 2 is 1.70 bits per heavy atom. The summed E-state index contributed by atoms with van der Waals surface area (Å²) < 4.78 is 0. The highest BCUT2D eigenvalue weighted by Gasteiger charge is 2.08. The molecule has 0 bridgehead atoms. The summed E-state index contributed by atoms with van der Waals surface area (Å²) in [5.74, 6) is 0.168. The Hall–Kier alpha value is -3.01. The molecule has 3 aromatic rings. The van der Waals surface area contributed by atoms with E-state index in [1.807, 2.05) is 56.3 Å². The van der Waals surface area contributed by atoms with Crippen molar-refractivity contribution in [3.05, 3.63) is 65.7 Å². The molecule has 0 aliphatic heterocycles. The second-order valence-corrected chi connectivity index (χ2v) is 5.61. The third-order valence-corrected chi connectivity index (χ3v) is 3.74. The number of rotatable bonds is 2. The van der Waals surface area contributed by atoms with Crippen LogP contribution in [0.25, 0.3) is 10.8 Å². The molecule has 4 heteroatoms. The van der Waals surface area contributed by atoms with E-state index in [9.17, 15) is 9.90 Å². The second-order valence-electron chi connectivity index (χ2n) is 5.61. The van der Waals surface area contributed by atoms with Crippen molar-refractivity contribution in [1.29, 1.82) is 0 Å². The lowest BCUT2D eigenvalue weighted by Gasteiger charge is -2.12. The van der Waals surface area contributed by atoms with Crippen LogP contribution in [-0.4, -0.2) is 11.1 Å². The molecule has 0 saturated heterocycles. The molecule has 0 radical (unpaired) electrons. The molecule has 3 N–H and O–H groups in total. The molecule has 0 unspecified atom stereocenters. The smallest absolute Gasteiger partial charge is 0.323 e. The van der Waals surface area contributed by atoms with Gasteiger partial charge in [-0.05, 0) is 49.1 Å². The standard InChI is InChI=1S/C19H18N2O2/c1-12-6-9-17(13(2)10-12)20-19(23)21-18-5-3-4-14-7-8-15(22)11-16(14)18/h3-11,22H,1-2H3,(H2,20,21,23). The van der Waals surface area contributed by atoms with E-state index in [0.717, 1.165) is 27.6 Å². The predicted molar refractivity (Wildman–Crippen MR) is 94.2 cm³/mol. The van der Waals surface area contributed by atoms with Crippen LogP contribution in [0.3, 0.4) is 0 Å². The molecule has 0 spiro atoms. The molecule has 3 aromatic carbocycles. The van der Waals surface area contributed by atoms with Gasteiger partial charge in [0.15, 0.2) is 0 Å². The van der Waals surface area contributed by atoms with Crippen LogP contribution in [-0.2, 0) is 0 Å². The van der Waals surface area contributed by atoms with Crippen molar-refractivity contribution >= 4 is 28.2 Å². The predicted octanol–water partition coefficient (Wildman–Crippen LogP) is 4.81. The zero-order chi connectivity index (χ0) is 16.4. The summed E-state index contributed by atoms with van der Waals surface area (Å²) in [7, 11) is 0. The first-order chi connectivity index (χ1) is 11.0. The Morgan fingerprint density at radius 3 is 2.48 bits per heavy atom. The van der Waals surface area contributed by atoms with E-state index in [-0.39, 0.29) is 11.8 Å². The quantitative estimate of drug-likeness (QED) is 0.636. The van der Waals surface area contributed by atoms with Crippen LogP contribution in [0.1, 0.15) is 11.1 Å². The second kappa shape index (κ2) is 6.01. The molecule has 4 nitrogen and oxygen atoms in total. The zero-order valence-corrected chi connectivity index (χ0v) is 13.1. The van der Waals surface area contributed by atoms with Crippen molar-refractivity contribution in [3.8, 4) is 5.75 Å². The van der Waals surface area contributed by atoms with Crippen LogP contribution in [0.2, 0.25) is 0 Å². The van der Waals surface area contributed by atoms with Crippen molar-refractivity contribution in [2.45, 2.75) is 13.8 Å². The highest BCUT2D eigenvalue weighted by atomic mass is 16.3. The van der Waals surface area contributed by atoms with Gasteiger partial charge in [0.1, 0.15) is 5.75 Å². The number of fused-ring (bicyclic) bond motifs is 1. The lowest BCUT2D eigenvalue weighted by molar-refractivity contribution is 0.262. The van der Waals surface area contributed by atoms with Crippen LogP contribution < -0.4 is 10.6 Å². The monoisotopic (exact) mass is 306 g/mol. The van der Waals surface area contributed by atoms with E-state index < -0.39 is 0 Å². The van der Waals surface area contributed by atoms with Crippen molar-refractivity contribution in [3.63, 3.8) is 0 Å². The highest BCUT2D eigenvalue weighted by Crippen LogP contribution is 2.27. The van der Waals surface area contributed by atoms with Gasteiger partial charge in [-0.1, -0.05) is 35.9 Å². The summed E-state index contributed by atoms with van der Waals surface area (Å²) in [4.78, 5) is 12.3. The number of urea groups is 1. The maximum atomic E-state index is 12.3. The normalized spacial score (nSPS) is 10.5. The van der Waals surface area contributed by atoms with E-state index >= 15 is 0 Å². The molecule has 0 aliphatic carbocycles. The van der Waals surface area contributed by atoms with Gasteiger partial charge in [-0.3, -0.25) is 0 Å². The number of benzene rings is 3. The largest absolute Gasteiger partial charge is 0.508 e. The Kier molecular flexibility index (Phi) is 3.89. The Bertz CT molecular complexity index is 888. The number of amides is 2. The molecule has 0 atom stereocenters. The summed E-state index contributed by atoms with van der Waals surface area (Å²) in [5, 5.41) is 17.1. The number of anilines is 2. The minimum Gasteiger partial charge on any atom is -0.508 e. The van der Waals surface area contributed by atoms with Crippen molar-refractivity contribution < 1.29 is 9.90 Å². The Labute approximate surface area is 134 Å². The average Bonchev–Trinajstić information content (AvgIpc) is 2.51. The minimum atomic E-state index is -0.312. The maximum absolute atomic E-state index is 12.3. The van der Waals surface area contributed by atoms with Gasteiger partial charge in [-0.25, -0.2) is 4.79 Å². The number of phenols is 1. The van der Waals surface area contributed by atoms with E-state index in [1.165, 1.54) is 0 Å². The number of carbonyl (C=O) groups excluding carboxylic acids is 1. The van der Waals surface area contributed by atoms with Crippen LogP contribution in [0.15, 0.2) is 54.6 Å². The molecule has 0 heterocycles. The minimum absolute atomic E-state index is 0.168. The van der Waals surface area contributed by atoms with Crippen LogP contribution >= 0.6 is 0 Å². The third kappa shape index (κ3) is 3.26. The number of carbonyl (C=O) groups is 1. The van der Waals surface area contributed by atoms with Crippen LogP contribution in [0.5, 0.6) is 5.75 Å². The number of aromatic hydroxyl groups is 1. The molecule has 0 aromatic heterocycles. The Balaban J connectivity index is 1.84. The van der Waals surface area contributed by atoms with Crippen molar-refractivity contribution in [2.24, 2.45) is 0 Å². The molecule has 2 amide bonds. The Morgan fingerprint density at radius 1 is 0.913 bits per heavy atom. The van der Waals surface area contributed by atoms with Gasteiger partial charge >= 0.3 is 6.03 Å². The topological polar surface area (TPSA) is 61.4 Å². The number of nitrogens with one attached hydrogen (secondary N) is 2. The molecule has 23 heavy (non-hydrogen) atoms. The van der Waals surface area contributed by atoms with Gasteiger partial charge in [0.2, 0.25) is 0 Å². The zero-order valence-electron chi connectivity index (χ0n) is 13.1. The van der Waals surface area contributed by atoms with E-state index in [2.05, 4.69) is 10.6 Å². The molecule has 0 saturated carbocycles. The van der Waals surface area contributed by atoms with Gasteiger partial charge in [0.05, 0.1) is 5.69 Å². The van der Waals surface area contributed by atoms with Gasteiger partial charge in [-0.2, -0.15) is 0 Å². The first kappa shape index (κ1) is 14.9. The van der Waals surface area contributed by atoms with Gasteiger partial charge in [0.25, 0.3) is 0 Å². The van der Waals surface area contributed by atoms with Gasteiger partial charge in [-0.15, -0.1) is 0 Å². The fourth-order valence-corrected chi connectivity index (χ4v) is 2.60. The summed E-state index contributed by atoms with van der Waals surface area (Å²) in [6, 6.07) is 16.2. The number of aryl methyl sites for hydroxylation is 2. The highest BCUT2D eigenvalue weighted by molar-refractivity contribution is 6.06. The average molecular weight is 306 g/mol. The number of hydrogen-bond donors (Lipinski definition) is 3. The molecule has 0 aliphatic rings. The maximum Gasteiger partial charge on any atom is 0.323 e. The lowest BCUT2D eigenvalue weighted by atomic mass is 10.1. The molecular weight excluding hydrogens is 288 g/mol. The molecular formula is C19H18N2O2. The lowest BCUT2D eigenvalue weighted by Crippen LogP contribution is -2.20. The fourth-order valence-electron chi connectivity index (χ4n) is 2.60. The van der Waals surface area contributed by atoms with Crippen LogP contribution in [0, 0.1) is 13.8 Å². The molecule has 116 valence electrons. The SMILES string of the molecule is Cc1ccc(NC(=O)Nc2cccc3ccc(O)cc23)c(C)c1. The fraction of sp³-hybridized carbons (Fsp3) is 0.105. The number of phenolic OH excluding ortho intramolecular Hbond substituents is 1. The summed E-state index contributed by atoms with van der Waals surface area (Å²) in [6.07, 6.45) is 0. The number of hydrogen-bond acceptors (Lipinski definition) is 2. The van der Waals surface area contributed by atoms with Crippen molar-refractivity contribution in [1.82, 2.24) is 0 Å². The first-order valence-electron chi connectivity index (χ1n) is 7.40. The summed E-state index contributed by atoms with van der Waals surface area (Å²) in [5.41, 5.74) is 3.59. The van der Waals surface area contributed by atoms with E-state index in [1.54, 1.807) is 12.1 Å². The van der Waals surface area contributed by atoms with Gasteiger partial charge < -0.3 is 15.7 Å².